The maximum atomic E-state index is 11.3. The maximum Gasteiger partial charge on any atom is 0.336 e. The number of carboxylic acids is 1. The van der Waals surface area contributed by atoms with Crippen LogP contribution in [0.4, 0.5) is 5.69 Å². The molecule has 0 amide bonds. The van der Waals surface area contributed by atoms with E-state index in [1.54, 1.807) is 6.07 Å². The third-order valence-corrected chi connectivity index (χ3v) is 4.04. The second-order valence-electron chi connectivity index (χ2n) is 5.33. The Morgan fingerprint density at radius 2 is 1.80 bits per heavy atom. The predicted octanol–water partition coefficient (Wildman–Crippen LogP) is 4.38. The molecule has 2 aromatic rings. The van der Waals surface area contributed by atoms with Gasteiger partial charge < -0.3 is 10.4 Å². The predicted molar refractivity (Wildman–Crippen MR) is 83.4 cm³/mol. The van der Waals surface area contributed by atoms with Crippen LogP contribution in [0, 0.1) is 5.92 Å². The van der Waals surface area contributed by atoms with Crippen LogP contribution in [-0.2, 0) is 0 Å². The summed E-state index contributed by atoms with van der Waals surface area (Å²) in [5, 5.41) is 14.5. The maximum absolute atomic E-state index is 11.3. The molecular formula is C17H21NO2. The number of nitrogens with one attached hydrogen (secondary N) is 1. The fraction of sp³-hybridized carbons (Fsp3) is 0.353. The van der Waals surface area contributed by atoms with E-state index in [2.05, 4.69) is 26.1 Å². The highest BCUT2D eigenvalue weighted by Crippen LogP contribution is 2.28. The molecule has 0 saturated heterocycles. The van der Waals surface area contributed by atoms with Crippen LogP contribution in [0.2, 0.25) is 0 Å². The molecule has 0 aliphatic rings. The number of hydrogen-bond donors (Lipinski definition) is 2. The number of anilines is 1. The number of carboxylic acid groups (broad SMARTS) is 1. The van der Waals surface area contributed by atoms with Gasteiger partial charge in [-0.3, -0.25) is 0 Å². The fourth-order valence-corrected chi connectivity index (χ4v) is 2.35. The summed E-state index contributed by atoms with van der Waals surface area (Å²) in [6.45, 7) is 6.55. The van der Waals surface area contributed by atoms with Crippen molar-refractivity contribution in [2.45, 2.75) is 33.2 Å². The van der Waals surface area contributed by atoms with Crippen molar-refractivity contribution in [2.75, 3.05) is 5.32 Å². The van der Waals surface area contributed by atoms with Gasteiger partial charge in [-0.1, -0.05) is 44.5 Å². The molecule has 3 heteroatoms. The van der Waals surface area contributed by atoms with E-state index >= 15 is 0 Å². The molecule has 0 radical (unpaired) electrons. The Hall–Kier alpha value is -2.03. The molecule has 2 unspecified atom stereocenters. The first-order valence-corrected chi connectivity index (χ1v) is 7.06. The summed E-state index contributed by atoms with van der Waals surface area (Å²) < 4.78 is 0. The van der Waals surface area contributed by atoms with E-state index in [9.17, 15) is 9.90 Å². The minimum Gasteiger partial charge on any atom is -0.478 e. The summed E-state index contributed by atoms with van der Waals surface area (Å²) in [5.41, 5.74) is 1.35. The van der Waals surface area contributed by atoms with Crippen molar-refractivity contribution in [1.82, 2.24) is 0 Å². The van der Waals surface area contributed by atoms with Crippen molar-refractivity contribution in [1.29, 1.82) is 0 Å². The third kappa shape index (κ3) is 2.77. The summed E-state index contributed by atoms with van der Waals surface area (Å²) in [6.07, 6.45) is 1.11. The topological polar surface area (TPSA) is 49.3 Å². The average molecular weight is 271 g/mol. The van der Waals surface area contributed by atoms with Gasteiger partial charge in [-0.2, -0.15) is 0 Å². The van der Waals surface area contributed by atoms with Gasteiger partial charge in [0.05, 0.1) is 5.56 Å². The Bertz CT molecular complexity index is 621. The highest BCUT2D eigenvalue weighted by atomic mass is 16.4. The zero-order valence-electron chi connectivity index (χ0n) is 12.2. The van der Waals surface area contributed by atoms with Crippen molar-refractivity contribution in [3.8, 4) is 0 Å². The zero-order valence-corrected chi connectivity index (χ0v) is 12.2. The van der Waals surface area contributed by atoms with Crippen LogP contribution >= 0.6 is 0 Å². The molecule has 2 aromatic carbocycles. The Labute approximate surface area is 119 Å². The van der Waals surface area contributed by atoms with Gasteiger partial charge in [0.25, 0.3) is 0 Å². The molecule has 0 aromatic heterocycles. The smallest absolute Gasteiger partial charge is 0.336 e. The van der Waals surface area contributed by atoms with Crippen LogP contribution in [0.5, 0.6) is 0 Å². The standard InChI is InChI=1S/C17H21NO2/c1-4-11(2)12(3)18-16-10-9-15(17(19)20)13-7-5-6-8-14(13)16/h5-12,18H,4H2,1-3H3,(H,19,20). The number of hydrogen-bond acceptors (Lipinski definition) is 2. The lowest BCUT2D eigenvalue weighted by molar-refractivity contribution is 0.0699. The Balaban J connectivity index is 2.46. The Morgan fingerprint density at radius 3 is 2.40 bits per heavy atom. The summed E-state index contributed by atoms with van der Waals surface area (Å²) in [7, 11) is 0. The van der Waals surface area contributed by atoms with E-state index in [0.29, 0.717) is 17.5 Å². The van der Waals surface area contributed by atoms with E-state index in [4.69, 9.17) is 0 Å². The monoisotopic (exact) mass is 271 g/mol. The molecule has 20 heavy (non-hydrogen) atoms. The highest BCUT2D eigenvalue weighted by Gasteiger charge is 2.14. The van der Waals surface area contributed by atoms with Gasteiger partial charge in [0.2, 0.25) is 0 Å². The number of aromatic carboxylic acids is 1. The molecule has 0 bridgehead atoms. The first-order valence-electron chi connectivity index (χ1n) is 7.06. The summed E-state index contributed by atoms with van der Waals surface area (Å²) >= 11 is 0. The second-order valence-corrected chi connectivity index (χ2v) is 5.33. The minimum absolute atomic E-state index is 0.346. The van der Waals surface area contributed by atoms with E-state index in [1.807, 2.05) is 30.3 Å². The summed E-state index contributed by atoms with van der Waals surface area (Å²) in [6, 6.07) is 11.5. The van der Waals surface area contributed by atoms with Crippen LogP contribution in [-0.4, -0.2) is 17.1 Å². The normalized spacial score (nSPS) is 13.9. The van der Waals surface area contributed by atoms with Gasteiger partial charge >= 0.3 is 5.97 Å². The molecule has 0 saturated carbocycles. The fourth-order valence-electron chi connectivity index (χ4n) is 2.35. The highest BCUT2D eigenvalue weighted by molar-refractivity contribution is 6.07. The van der Waals surface area contributed by atoms with Gasteiger partial charge in [0.1, 0.15) is 0 Å². The largest absolute Gasteiger partial charge is 0.478 e. The summed E-state index contributed by atoms with van der Waals surface area (Å²) in [4.78, 5) is 11.3. The molecule has 106 valence electrons. The van der Waals surface area contributed by atoms with E-state index in [1.165, 1.54) is 0 Å². The molecule has 0 spiro atoms. The lowest BCUT2D eigenvalue weighted by Crippen LogP contribution is -2.23. The van der Waals surface area contributed by atoms with Crippen LogP contribution < -0.4 is 5.32 Å². The van der Waals surface area contributed by atoms with Gasteiger partial charge in [0, 0.05) is 17.1 Å². The Morgan fingerprint density at radius 1 is 1.15 bits per heavy atom. The van der Waals surface area contributed by atoms with E-state index < -0.39 is 5.97 Å². The average Bonchev–Trinajstić information content (AvgIpc) is 2.46. The van der Waals surface area contributed by atoms with Crippen molar-refractivity contribution >= 4 is 22.4 Å². The molecule has 2 rings (SSSR count). The van der Waals surface area contributed by atoms with Crippen LogP contribution in [0.25, 0.3) is 10.8 Å². The zero-order chi connectivity index (χ0) is 14.7. The minimum atomic E-state index is -0.886. The van der Waals surface area contributed by atoms with E-state index in [-0.39, 0.29) is 0 Å². The van der Waals surface area contributed by atoms with Crippen molar-refractivity contribution in [3.05, 3.63) is 42.0 Å². The number of rotatable bonds is 5. The summed E-state index contributed by atoms with van der Waals surface area (Å²) in [5.74, 6) is -0.323. The number of carbonyl (C=O) groups is 1. The van der Waals surface area contributed by atoms with Gasteiger partial charge in [0.15, 0.2) is 0 Å². The Kier molecular flexibility index (Phi) is 4.28. The number of fused-ring (bicyclic) bond motifs is 1. The molecular weight excluding hydrogens is 250 g/mol. The van der Waals surface area contributed by atoms with Crippen molar-refractivity contribution in [2.24, 2.45) is 5.92 Å². The second kappa shape index (κ2) is 5.95. The van der Waals surface area contributed by atoms with Gasteiger partial charge in [-0.15, -0.1) is 0 Å². The lowest BCUT2D eigenvalue weighted by atomic mass is 9.98. The van der Waals surface area contributed by atoms with Crippen molar-refractivity contribution < 1.29 is 9.90 Å². The quantitative estimate of drug-likeness (QED) is 0.848. The molecule has 0 fully saturated rings. The molecule has 2 N–H and O–H groups in total. The first-order chi connectivity index (χ1) is 9.54. The SMILES string of the molecule is CCC(C)C(C)Nc1ccc(C(=O)O)c2ccccc12. The molecule has 2 atom stereocenters. The van der Waals surface area contributed by atoms with Crippen LogP contribution in [0.15, 0.2) is 36.4 Å². The van der Waals surface area contributed by atoms with Crippen LogP contribution in [0.1, 0.15) is 37.6 Å². The van der Waals surface area contributed by atoms with Gasteiger partial charge in [-0.05, 0) is 30.4 Å². The molecule has 3 nitrogen and oxygen atoms in total. The van der Waals surface area contributed by atoms with Crippen LogP contribution in [0.3, 0.4) is 0 Å². The van der Waals surface area contributed by atoms with E-state index in [0.717, 1.165) is 22.9 Å². The third-order valence-electron chi connectivity index (χ3n) is 4.04. The molecule has 0 aliphatic heterocycles. The lowest BCUT2D eigenvalue weighted by Gasteiger charge is -2.22. The molecule has 0 heterocycles. The van der Waals surface area contributed by atoms with Gasteiger partial charge in [-0.25, -0.2) is 4.79 Å². The number of benzene rings is 2. The molecule has 0 aliphatic carbocycles. The van der Waals surface area contributed by atoms with Crippen molar-refractivity contribution in [3.63, 3.8) is 0 Å². The first kappa shape index (κ1) is 14.4.